The van der Waals surface area contributed by atoms with Gasteiger partial charge < -0.3 is 4.74 Å². The van der Waals surface area contributed by atoms with Crippen LogP contribution in [0.15, 0.2) is 18.2 Å². The van der Waals surface area contributed by atoms with Crippen molar-refractivity contribution < 1.29 is 9.66 Å². The zero-order valence-electron chi connectivity index (χ0n) is 8.27. The summed E-state index contributed by atoms with van der Waals surface area (Å²) in [6.45, 7) is 2.03. The molecule has 0 spiro atoms. The normalized spacial score (nSPS) is 9.33. The van der Waals surface area contributed by atoms with Crippen LogP contribution in [0.2, 0.25) is 0 Å². The molecule has 0 saturated carbocycles. The fraction of sp³-hybridized carbons (Fsp3) is 0.300. The highest BCUT2D eigenvalue weighted by Crippen LogP contribution is 2.23. The number of benzene rings is 1. The molecule has 0 amide bonds. The minimum atomic E-state index is -0.452. The molecule has 78 valence electrons. The summed E-state index contributed by atoms with van der Waals surface area (Å²) in [5.74, 6) is 0.579. The lowest BCUT2D eigenvalue weighted by molar-refractivity contribution is -0.384. The fourth-order valence-corrected chi connectivity index (χ4v) is 1.12. The summed E-state index contributed by atoms with van der Waals surface area (Å²) in [7, 11) is 0. The van der Waals surface area contributed by atoms with E-state index in [1.807, 2.05) is 6.07 Å². The van der Waals surface area contributed by atoms with Gasteiger partial charge in [0.2, 0.25) is 0 Å². The highest BCUT2D eigenvalue weighted by molar-refractivity contribution is 5.42. The lowest BCUT2D eigenvalue weighted by Crippen LogP contribution is -1.98. The second kappa shape index (κ2) is 4.96. The lowest BCUT2D eigenvalue weighted by Gasteiger charge is -2.06. The van der Waals surface area contributed by atoms with Gasteiger partial charge in [-0.2, -0.15) is 5.26 Å². The Balaban J connectivity index is 2.76. The average molecular weight is 206 g/mol. The molecule has 1 rings (SSSR count). The number of hydrogen-bond donors (Lipinski definition) is 0. The predicted molar refractivity (Wildman–Crippen MR) is 53.6 cm³/mol. The molecule has 0 fully saturated rings. The van der Waals surface area contributed by atoms with Crippen LogP contribution in [-0.4, -0.2) is 11.5 Å². The van der Waals surface area contributed by atoms with Crippen LogP contribution in [0.4, 0.5) is 5.69 Å². The third-order valence-electron chi connectivity index (χ3n) is 1.84. The summed E-state index contributed by atoms with van der Waals surface area (Å²) >= 11 is 0. The van der Waals surface area contributed by atoms with Crippen LogP contribution in [0.25, 0.3) is 0 Å². The van der Waals surface area contributed by atoms with Crippen LogP contribution < -0.4 is 4.74 Å². The Kier molecular flexibility index (Phi) is 3.63. The maximum atomic E-state index is 10.4. The maximum absolute atomic E-state index is 10.4. The van der Waals surface area contributed by atoms with Crippen LogP contribution in [0.1, 0.15) is 12.0 Å². The molecule has 0 unspecified atom stereocenters. The first-order valence-corrected chi connectivity index (χ1v) is 4.40. The van der Waals surface area contributed by atoms with Crippen molar-refractivity contribution in [3.63, 3.8) is 0 Å². The molecule has 0 aliphatic heterocycles. The summed E-state index contributed by atoms with van der Waals surface area (Å²) in [6.07, 6.45) is 0.302. The molecule has 5 nitrogen and oxygen atoms in total. The van der Waals surface area contributed by atoms with Crippen molar-refractivity contribution in [3.05, 3.63) is 33.9 Å². The van der Waals surface area contributed by atoms with E-state index in [4.69, 9.17) is 10.00 Å². The van der Waals surface area contributed by atoms with E-state index in [0.717, 1.165) is 0 Å². The van der Waals surface area contributed by atoms with Crippen molar-refractivity contribution in [2.45, 2.75) is 13.3 Å². The van der Waals surface area contributed by atoms with Gasteiger partial charge in [0.1, 0.15) is 12.4 Å². The molecule has 0 heterocycles. The molecule has 15 heavy (non-hydrogen) atoms. The Morgan fingerprint density at radius 1 is 1.60 bits per heavy atom. The Labute approximate surface area is 87.1 Å². The van der Waals surface area contributed by atoms with Gasteiger partial charge in [0.25, 0.3) is 5.69 Å². The smallest absolute Gasteiger partial charge is 0.269 e. The van der Waals surface area contributed by atoms with Gasteiger partial charge >= 0.3 is 0 Å². The van der Waals surface area contributed by atoms with Gasteiger partial charge in [-0.15, -0.1) is 0 Å². The summed E-state index contributed by atoms with van der Waals surface area (Å²) in [4.78, 5) is 9.99. The van der Waals surface area contributed by atoms with Gasteiger partial charge in [-0.05, 0) is 18.6 Å². The fourth-order valence-electron chi connectivity index (χ4n) is 1.12. The van der Waals surface area contributed by atoms with E-state index in [2.05, 4.69) is 0 Å². The standard InChI is InChI=1S/C10H10N2O3/c1-8-7-9(12(13)14)3-4-10(8)15-6-2-5-11/h3-4,7H,2,6H2,1H3. The van der Waals surface area contributed by atoms with E-state index in [9.17, 15) is 10.1 Å². The summed E-state index contributed by atoms with van der Waals surface area (Å²) in [5.41, 5.74) is 0.738. The number of ether oxygens (including phenoxy) is 1. The molecule has 0 bridgehead atoms. The van der Waals surface area contributed by atoms with Gasteiger partial charge in [0, 0.05) is 12.1 Å². The number of rotatable bonds is 4. The van der Waals surface area contributed by atoms with Crippen LogP contribution in [0.3, 0.4) is 0 Å². The maximum Gasteiger partial charge on any atom is 0.269 e. The first kappa shape index (κ1) is 11.0. The number of non-ortho nitro benzene ring substituents is 1. The van der Waals surface area contributed by atoms with E-state index in [-0.39, 0.29) is 5.69 Å². The highest BCUT2D eigenvalue weighted by atomic mass is 16.6. The number of nitrogens with zero attached hydrogens (tertiary/aromatic N) is 2. The Bertz CT molecular complexity index is 410. The van der Waals surface area contributed by atoms with Crippen LogP contribution in [0, 0.1) is 28.4 Å². The number of nitro groups is 1. The third kappa shape index (κ3) is 2.95. The van der Waals surface area contributed by atoms with Gasteiger partial charge in [-0.3, -0.25) is 10.1 Å². The van der Waals surface area contributed by atoms with Crippen molar-refractivity contribution in [2.75, 3.05) is 6.61 Å². The van der Waals surface area contributed by atoms with E-state index >= 15 is 0 Å². The first-order chi connectivity index (χ1) is 7.15. The Morgan fingerprint density at radius 3 is 2.87 bits per heavy atom. The van der Waals surface area contributed by atoms with Crippen LogP contribution >= 0.6 is 0 Å². The van der Waals surface area contributed by atoms with Crippen molar-refractivity contribution in [1.82, 2.24) is 0 Å². The number of nitriles is 1. The third-order valence-corrected chi connectivity index (χ3v) is 1.84. The zero-order valence-corrected chi connectivity index (χ0v) is 8.27. The van der Waals surface area contributed by atoms with Crippen molar-refractivity contribution in [3.8, 4) is 11.8 Å². The van der Waals surface area contributed by atoms with Gasteiger partial charge in [-0.25, -0.2) is 0 Å². The molecule has 0 aliphatic rings. The van der Waals surface area contributed by atoms with Gasteiger partial charge in [-0.1, -0.05) is 0 Å². The number of aryl methyl sites for hydroxylation is 1. The quantitative estimate of drug-likeness (QED) is 0.430. The second-order valence-corrected chi connectivity index (χ2v) is 2.96. The minimum Gasteiger partial charge on any atom is -0.492 e. The largest absolute Gasteiger partial charge is 0.492 e. The zero-order chi connectivity index (χ0) is 11.3. The predicted octanol–water partition coefficient (Wildman–Crippen LogP) is 2.20. The van der Waals surface area contributed by atoms with E-state index < -0.39 is 4.92 Å². The summed E-state index contributed by atoms with van der Waals surface area (Å²) < 4.78 is 5.27. The molecular weight excluding hydrogens is 196 g/mol. The highest BCUT2D eigenvalue weighted by Gasteiger charge is 2.08. The molecule has 5 heteroatoms. The first-order valence-electron chi connectivity index (χ1n) is 4.40. The Hall–Kier alpha value is -2.09. The molecule has 0 aliphatic carbocycles. The molecule has 0 radical (unpaired) electrons. The number of nitro benzene ring substituents is 1. The summed E-state index contributed by atoms with van der Waals surface area (Å²) in [5, 5.41) is 18.8. The molecule has 0 aromatic heterocycles. The summed E-state index contributed by atoms with van der Waals surface area (Å²) in [6, 6.07) is 6.33. The molecule has 0 N–H and O–H groups in total. The Morgan fingerprint density at radius 2 is 2.33 bits per heavy atom. The van der Waals surface area contributed by atoms with Crippen LogP contribution in [0.5, 0.6) is 5.75 Å². The van der Waals surface area contributed by atoms with Gasteiger partial charge in [0.15, 0.2) is 0 Å². The van der Waals surface area contributed by atoms with Crippen molar-refractivity contribution >= 4 is 5.69 Å². The molecule has 0 saturated heterocycles. The topological polar surface area (TPSA) is 76.2 Å². The number of hydrogen-bond acceptors (Lipinski definition) is 4. The minimum absolute atomic E-state index is 0.0418. The van der Waals surface area contributed by atoms with E-state index in [0.29, 0.717) is 24.3 Å². The molecule has 1 aromatic rings. The van der Waals surface area contributed by atoms with E-state index in [1.165, 1.54) is 12.1 Å². The van der Waals surface area contributed by atoms with Crippen molar-refractivity contribution in [1.29, 1.82) is 5.26 Å². The van der Waals surface area contributed by atoms with Crippen molar-refractivity contribution in [2.24, 2.45) is 0 Å². The second-order valence-electron chi connectivity index (χ2n) is 2.96. The SMILES string of the molecule is Cc1cc([N+](=O)[O-])ccc1OCCC#N. The molecule has 1 aromatic carbocycles. The monoisotopic (exact) mass is 206 g/mol. The van der Waals surface area contributed by atoms with E-state index in [1.54, 1.807) is 13.0 Å². The lowest BCUT2D eigenvalue weighted by atomic mass is 10.2. The molecular formula is C10H10N2O3. The van der Waals surface area contributed by atoms with Gasteiger partial charge in [0.05, 0.1) is 17.4 Å². The average Bonchev–Trinajstić information content (AvgIpc) is 2.20. The molecule has 0 atom stereocenters. The van der Waals surface area contributed by atoms with Crippen LogP contribution in [-0.2, 0) is 0 Å².